The molecule has 0 radical (unpaired) electrons. The number of esters is 1. The van der Waals surface area contributed by atoms with Crippen molar-refractivity contribution in [3.8, 4) is 0 Å². The molecule has 0 unspecified atom stereocenters. The van der Waals surface area contributed by atoms with E-state index in [0.29, 0.717) is 0 Å². The molecule has 8 nitrogen and oxygen atoms in total. The molecule has 3 N–H and O–H groups in total. The Morgan fingerprint density at radius 3 is 2.69 bits per heavy atom. The molecule has 3 atom stereocenters. The van der Waals surface area contributed by atoms with E-state index in [1.54, 1.807) is 0 Å². The predicted octanol–water partition coefficient (Wildman–Crippen LogP) is -1.46. The van der Waals surface area contributed by atoms with Gasteiger partial charge in [0.25, 0.3) is 0 Å². The van der Waals surface area contributed by atoms with Gasteiger partial charge in [0.15, 0.2) is 0 Å². The van der Waals surface area contributed by atoms with Crippen LogP contribution >= 0.6 is 0 Å². The molecule has 2 saturated heterocycles. The summed E-state index contributed by atoms with van der Waals surface area (Å²) in [5.74, 6) is -0.531. The molecule has 8 heteroatoms. The quantitative estimate of drug-likeness (QED) is 0.503. The minimum absolute atomic E-state index is 0.378. The molecule has 0 aromatic carbocycles. The molecule has 0 bridgehead atoms. The average molecular weight is 228 g/mol. The Labute approximate surface area is 91.3 Å². The number of amides is 4. The second-order valence-corrected chi connectivity index (χ2v) is 3.60. The fourth-order valence-corrected chi connectivity index (χ4v) is 1.86. The first-order valence-corrected chi connectivity index (χ1v) is 4.78. The summed E-state index contributed by atoms with van der Waals surface area (Å²) in [7, 11) is 1.25. The lowest BCUT2D eigenvalue weighted by atomic mass is 10.2. The maximum Gasteiger partial charge on any atom is 0.328 e. The van der Waals surface area contributed by atoms with Crippen LogP contribution in [0.15, 0.2) is 0 Å². The molecule has 16 heavy (non-hydrogen) atoms. The van der Waals surface area contributed by atoms with Gasteiger partial charge in [0.1, 0.15) is 18.4 Å². The molecular formula is C8H12N4O4. The zero-order valence-electron chi connectivity index (χ0n) is 8.81. The van der Waals surface area contributed by atoms with E-state index >= 15 is 0 Å². The number of methoxy groups -OCH3 is 1. The summed E-state index contributed by atoms with van der Waals surface area (Å²) >= 11 is 0. The van der Waals surface area contributed by atoms with Crippen molar-refractivity contribution in [3.63, 3.8) is 0 Å². The molecule has 2 aliphatic rings. The number of nitrogens with one attached hydrogen (secondary N) is 3. The highest BCUT2D eigenvalue weighted by molar-refractivity contribution is 5.88. The lowest BCUT2D eigenvalue weighted by Crippen LogP contribution is -2.51. The van der Waals surface area contributed by atoms with Crippen LogP contribution in [0, 0.1) is 0 Å². The molecule has 2 aliphatic heterocycles. The summed E-state index contributed by atoms with van der Waals surface area (Å²) in [6.07, 6.45) is -1.07. The van der Waals surface area contributed by atoms with Crippen LogP contribution < -0.4 is 16.0 Å². The van der Waals surface area contributed by atoms with Gasteiger partial charge in [-0.15, -0.1) is 0 Å². The van der Waals surface area contributed by atoms with Gasteiger partial charge in [-0.2, -0.15) is 0 Å². The fraction of sp³-hybridized carbons (Fsp3) is 0.625. The van der Waals surface area contributed by atoms with E-state index in [4.69, 9.17) is 0 Å². The van der Waals surface area contributed by atoms with Gasteiger partial charge in [-0.25, -0.2) is 14.4 Å². The number of hydrogen-bond donors (Lipinski definition) is 3. The lowest BCUT2D eigenvalue weighted by molar-refractivity contribution is -0.145. The summed E-state index contributed by atoms with van der Waals surface area (Å²) < 4.78 is 4.55. The van der Waals surface area contributed by atoms with Crippen molar-refractivity contribution in [1.82, 2.24) is 20.9 Å². The van der Waals surface area contributed by atoms with Crippen LogP contribution in [0.5, 0.6) is 0 Å². The topological polar surface area (TPSA) is 99.8 Å². The van der Waals surface area contributed by atoms with Crippen molar-refractivity contribution < 1.29 is 19.1 Å². The van der Waals surface area contributed by atoms with Crippen LogP contribution in [0.1, 0.15) is 6.92 Å². The number of fused-ring (bicyclic) bond motifs is 1. The van der Waals surface area contributed by atoms with Crippen LogP contribution in [0.4, 0.5) is 9.59 Å². The maximum absolute atomic E-state index is 11.6. The number of ether oxygens (including phenoxy) is 1. The summed E-state index contributed by atoms with van der Waals surface area (Å²) in [6.45, 7) is 1.54. The summed E-state index contributed by atoms with van der Waals surface area (Å²) in [5.41, 5.74) is 0. The number of hydrogen-bond acceptors (Lipinski definition) is 4. The highest BCUT2D eigenvalue weighted by atomic mass is 16.5. The van der Waals surface area contributed by atoms with Gasteiger partial charge in [0.2, 0.25) is 0 Å². The molecular weight excluding hydrogens is 216 g/mol. The van der Waals surface area contributed by atoms with Gasteiger partial charge in [-0.05, 0) is 6.92 Å². The molecule has 4 amide bonds. The lowest BCUT2D eigenvalue weighted by Gasteiger charge is -2.25. The van der Waals surface area contributed by atoms with Crippen molar-refractivity contribution in [2.75, 3.05) is 7.11 Å². The summed E-state index contributed by atoms with van der Waals surface area (Å²) in [6, 6.07) is -1.54. The van der Waals surface area contributed by atoms with E-state index in [-0.39, 0.29) is 6.03 Å². The second kappa shape index (κ2) is 3.54. The number of carbonyl (C=O) groups excluding carboxylic acids is 3. The van der Waals surface area contributed by atoms with Gasteiger partial charge in [0.05, 0.1) is 7.11 Å². The highest BCUT2D eigenvalue weighted by Gasteiger charge is 2.48. The highest BCUT2D eigenvalue weighted by Crippen LogP contribution is 2.17. The van der Waals surface area contributed by atoms with E-state index in [1.165, 1.54) is 18.9 Å². The van der Waals surface area contributed by atoms with Gasteiger partial charge < -0.3 is 20.7 Å². The second-order valence-electron chi connectivity index (χ2n) is 3.60. The minimum Gasteiger partial charge on any atom is -0.467 e. The Morgan fingerprint density at radius 1 is 1.38 bits per heavy atom. The largest absolute Gasteiger partial charge is 0.467 e. The SMILES string of the molecule is COC(=O)[C@H](C)N1C(=O)N[C@@H]2NC(=O)N[C@H]21. The molecule has 0 spiro atoms. The molecule has 0 aromatic rings. The van der Waals surface area contributed by atoms with Crippen LogP contribution in [0.3, 0.4) is 0 Å². The van der Waals surface area contributed by atoms with Crippen molar-refractivity contribution in [2.24, 2.45) is 0 Å². The van der Waals surface area contributed by atoms with Crippen molar-refractivity contribution in [1.29, 1.82) is 0 Å². The van der Waals surface area contributed by atoms with E-state index < -0.39 is 30.4 Å². The molecule has 2 fully saturated rings. The molecule has 2 heterocycles. The normalized spacial score (nSPS) is 29.0. The Kier molecular flexibility index (Phi) is 2.33. The van der Waals surface area contributed by atoms with Gasteiger partial charge >= 0.3 is 18.0 Å². The van der Waals surface area contributed by atoms with Crippen LogP contribution in [-0.4, -0.2) is 48.4 Å². The third-order valence-electron chi connectivity index (χ3n) is 2.65. The van der Waals surface area contributed by atoms with Crippen LogP contribution in [-0.2, 0) is 9.53 Å². The number of urea groups is 2. The van der Waals surface area contributed by atoms with E-state index in [2.05, 4.69) is 20.7 Å². The van der Waals surface area contributed by atoms with Gasteiger partial charge in [-0.1, -0.05) is 0 Å². The first kappa shape index (κ1) is 10.5. The van der Waals surface area contributed by atoms with Crippen molar-refractivity contribution in [3.05, 3.63) is 0 Å². The molecule has 0 aromatic heterocycles. The number of carbonyl (C=O) groups is 3. The Bertz CT molecular complexity index is 358. The third kappa shape index (κ3) is 1.42. The van der Waals surface area contributed by atoms with E-state index in [9.17, 15) is 14.4 Å². The zero-order chi connectivity index (χ0) is 11.9. The molecule has 0 saturated carbocycles. The Balaban J connectivity index is 2.17. The Morgan fingerprint density at radius 2 is 2.06 bits per heavy atom. The first-order chi connectivity index (χ1) is 7.54. The number of nitrogens with zero attached hydrogens (tertiary/aromatic N) is 1. The van der Waals surface area contributed by atoms with Crippen LogP contribution in [0.25, 0.3) is 0 Å². The number of rotatable bonds is 2. The van der Waals surface area contributed by atoms with Gasteiger partial charge in [-0.3, -0.25) is 4.90 Å². The van der Waals surface area contributed by atoms with E-state index in [1.807, 2.05) is 0 Å². The maximum atomic E-state index is 11.6. The fourth-order valence-electron chi connectivity index (χ4n) is 1.86. The average Bonchev–Trinajstić information content (AvgIpc) is 2.70. The third-order valence-corrected chi connectivity index (χ3v) is 2.65. The van der Waals surface area contributed by atoms with Gasteiger partial charge in [0, 0.05) is 0 Å². The zero-order valence-corrected chi connectivity index (χ0v) is 8.81. The van der Waals surface area contributed by atoms with Crippen molar-refractivity contribution in [2.45, 2.75) is 25.3 Å². The minimum atomic E-state index is -0.750. The van der Waals surface area contributed by atoms with Crippen LogP contribution in [0.2, 0.25) is 0 Å². The smallest absolute Gasteiger partial charge is 0.328 e. The summed E-state index contributed by atoms with van der Waals surface area (Å²) in [4.78, 5) is 35.2. The molecule has 88 valence electrons. The standard InChI is InChI=1S/C8H12N4O4/c1-3(6(13)16-2)12-5-4(10-8(12)15)9-7(14)11-5/h3-5H,1-2H3,(H,10,15)(H2,9,11,14)/t3-,4-,5-/m0/s1. The predicted molar refractivity (Wildman–Crippen MR) is 51.1 cm³/mol. The van der Waals surface area contributed by atoms with E-state index in [0.717, 1.165) is 0 Å². The van der Waals surface area contributed by atoms with Crippen molar-refractivity contribution >= 4 is 18.0 Å². The monoisotopic (exact) mass is 228 g/mol. The molecule has 2 rings (SSSR count). The Hall–Kier alpha value is -1.99. The summed E-state index contributed by atoms with van der Waals surface area (Å²) in [5, 5.41) is 7.59. The molecule has 0 aliphatic carbocycles. The first-order valence-electron chi connectivity index (χ1n) is 4.78.